The molecule has 2 aromatic rings. The Morgan fingerprint density at radius 2 is 1.95 bits per heavy atom. The molecule has 2 rings (SSSR count). The molecule has 0 saturated heterocycles. The van der Waals surface area contributed by atoms with E-state index in [0.29, 0.717) is 21.3 Å². The van der Waals surface area contributed by atoms with Crippen molar-refractivity contribution < 1.29 is 13.9 Å². The van der Waals surface area contributed by atoms with Gasteiger partial charge in [-0.1, -0.05) is 28.1 Å². The number of nitrogens with two attached hydrogens (primary N) is 1. The molecule has 0 aliphatic heterocycles. The number of aryl methyl sites for hydroxylation is 2. The van der Waals surface area contributed by atoms with E-state index in [1.807, 2.05) is 19.9 Å². The SMILES string of the molecule is Cc1cc(C)c(C(=O)OCc2ccc(Br)cc2F)cc1N. The fraction of sp³-hybridized carbons (Fsp3) is 0.188. The molecule has 0 aromatic heterocycles. The second-order valence-electron chi connectivity index (χ2n) is 4.84. The molecule has 3 nitrogen and oxygen atoms in total. The molecule has 21 heavy (non-hydrogen) atoms. The van der Waals surface area contributed by atoms with E-state index in [2.05, 4.69) is 15.9 Å². The number of rotatable bonds is 3. The van der Waals surface area contributed by atoms with Crippen LogP contribution < -0.4 is 5.73 Å². The van der Waals surface area contributed by atoms with Gasteiger partial charge in [-0.05, 0) is 43.2 Å². The lowest BCUT2D eigenvalue weighted by atomic mass is 10.0. The Balaban J connectivity index is 2.13. The molecule has 5 heteroatoms. The molecule has 0 saturated carbocycles. The third-order valence-electron chi connectivity index (χ3n) is 3.21. The first-order valence-electron chi connectivity index (χ1n) is 6.36. The third-order valence-corrected chi connectivity index (χ3v) is 3.70. The van der Waals surface area contributed by atoms with Crippen LogP contribution in [0.1, 0.15) is 27.0 Å². The van der Waals surface area contributed by atoms with Crippen LogP contribution in [0, 0.1) is 19.7 Å². The van der Waals surface area contributed by atoms with Crippen LogP contribution in [-0.2, 0) is 11.3 Å². The lowest BCUT2D eigenvalue weighted by Crippen LogP contribution is -2.09. The number of nitrogen functional groups attached to an aromatic ring is 1. The highest BCUT2D eigenvalue weighted by Crippen LogP contribution is 2.20. The molecule has 0 bridgehead atoms. The van der Waals surface area contributed by atoms with Crippen molar-refractivity contribution in [1.29, 1.82) is 0 Å². The first kappa shape index (κ1) is 15.5. The monoisotopic (exact) mass is 351 g/mol. The van der Waals surface area contributed by atoms with Crippen molar-refractivity contribution in [2.45, 2.75) is 20.5 Å². The predicted octanol–water partition coefficient (Wildman–Crippen LogP) is 4.14. The molecule has 0 aliphatic rings. The van der Waals surface area contributed by atoms with Gasteiger partial charge in [-0.25, -0.2) is 9.18 Å². The van der Waals surface area contributed by atoms with Crippen molar-refractivity contribution in [3.8, 4) is 0 Å². The summed E-state index contributed by atoms with van der Waals surface area (Å²) in [4.78, 5) is 12.1. The summed E-state index contributed by atoms with van der Waals surface area (Å²) in [7, 11) is 0. The molecule has 0 amide bonds. The standard InChI is InChI=1S/C16H15BrFNO2/c1-9-5-10(2)15(19)7-13(9)16(20)21-8-11-3-4-12(17)6-14(11)18/h3-7H,8,19H2,1-2H3. The molecular weight excluding hydrogens is 337 g/mol. The molecule has 0 spiro atoms. The molecule has 2 aromatic carbocycles. The summed E-state index contributed by atoms with van der Waals surface area (Å²) >= 11 is 3.18. The zero-order valence-corrected chi connectivity index (χ0v) is 13.3. The Kier molecular flexibility index (Phi) is 4.63. The quantitative estimate of drug-likeness (QED) is 0.667. The number of ether oxygens (including phenoxy) is 1. The lowest BCUT2D eigenvalue weighted by Gasteiger charge is -2.10. The summed E-state index contributed by atoms with van der Waals surface area (Å²) in [6, 6.07) is 8.01. The van der Waals surface area contributed by atoms with Gasteiger partial charge in [0.1, 0.15) is 12.4 Å². The minimum atomic E-state index is -0.512. The third kappa shape index (κ3) is 3.61. The van der Waals surface area contributed by atoms with Gasteiger partial charge < -0.3 is 10.5 Å². The van der Waals surface area contributed by atoms with Crippen molar-refractivity contribution in [1.82, 2.24) is 0 Å². The van der Waals surface area contributed by atoms with Gasteiger partial charge in [-0.3, -0.25) is 0 Å². The predicted molar refractivity (Wildman–Crippen MR) is 83.5 cm³/mol. The topological polar surface area (TPSA) is 52.3 Å². The number of esters is 1. The normalized spacial score (nSPS) is 10.5. The van der Waals surface area contributed by atoms with Crippen LogP contribution in [0.25, 0.3) is 0 Å². The van der Waals surface area contributed by atoms with Gasteiger partial charge in [-0.2, -0.15) is 0 Å². The summed E-state index contributed by atoms with van der Waals surface area (Å²) in [6.45, 7) is 3.56. The van der Waals surface area contributed by atoms with Crippen LogP contribution in [0.15, 0.2) is 34.8 Å². The summed E-state index contributed by atoms with van der Waals surface area (Å²) in [5.74, 6) is -0.932. The number of hydrogen-bond acceptors (Lipinski definition) is 3. The first-order valence-corrected chi connectivity index (χ1v) is 7.15. The smallest absolute Gasteiger partial charge is 0.338 e. The number of hydrogen-bond donors (Lipinski definition) is 1. The number of anilines is 1. The molecule has 0 heterocycles. The van der Waals surface area contributed by atoms with E-state index in [-0.39, 0.29) is 6.61 Å². The highest BCUT2D eigenvalue weighted by atomic mass is 79.9. The maximum Gasteiger partial charge on any atom is 0.338 e. The van der Waals surface area contributed by atoms with Gasteiger partial charge in [0.2, 0.25) is 0 Å². The van der Waals surface area contributed by atoms with Crippen LogP contribution in [0.5, 0.6) is 0 Å². The van der Waals surface area contributed by atoms with Gasteiger partial charge in [-0.15, -0.1) is 0 Å². The van der Waals surface area contributed by atoms with E-state index in [1.54, 1.807) is 18.2 Å². The summed E-state index contributed by atoms with van der Waals surface area (Å²) < 4.78 is 19.5. The number of halogens is 2. The minimum absolute atomic E-state index is 0.120. The number of carbonyl (C=O) groups excluding carboxylic acids is 1. The average molecular weight is 352 g/mol. The second-order valence-corrected chi connectivity index (χ2v) is 5.75. The van der Waals surface area contributed by atoms with Gasteiger partial charge in [0.05, 0.1) is 5.56 Å². The van der Waals surface area contributed by atoms with Gasteiger partial charge >= 0.3 is 5.97 Å². The molecule has 0 aliphatic carbocycles. The van der Waals surface area contributed by atoms with Crippen molar-refractivity contribution in [2.24, 2.45) is 0 Å². The molecular formula is C16H15BrFNO2. The van der Waals surface area contributed by atoms with Crippen molar-refractivity contribution in [3.63, 3.8) is 0 Å². The van der Waals surface area contributed by atoms with Gasteiger partial charge in [0, 0.05) is 15.7 Å². The highest BCUT2D eigenvalue weighted by molar-refractivity contribution is 9.10. The van der Waals surface area contributed by atoms with Crippen LogP contribution in [0.2, 0.25) is 0 Å². The molecule has 0 fully saturated rings. The first-order chi connectivity index (χ1) is 9.88. The lowest BCUT2D eigenvalue weighted by molar-refractivity contribution is 0.0468. The zero-order valence-electron chi connectivity index (χ0n) is 11.7. The van der Waals surface area contributed by atoms with Crippen LogP contribution in [0.4, 0.5) is 10.1 Å². The van der Waals surface area contributed by atoms with Crippen LogP contribution in [0.3, 0.4) is 0 Å². The molecule has 0 atom stereocenters. The van der Waals surface area contributed by atoms with E-state index >= 15 is 0 Å². The number of carbonyl (C=O) groups is 1. The Hall–Kier alpha value is -1.88. The Morgan fingerprint density at radius 1 is 1.24 bits per heavy atom. The largest absolute Gasteiger partial charge is 0.457 e. The zero-order chi connectivity index (χ0) is 15.6. The molecule has 0 radical (unpaired) electrons. The van der Waals surface area contributed by atoms with Gasteiger partial charge in [0.25, 0.3) is 0 Å². The fourth-order valence-corrected chi connectivity index (χ4v) is 2.28. The minimum Gasteiger partial charge on any atom is -0.457 e. The second kappa shape index (κ2) is 6.26. The van der Waals surface area contributed by atoms with Crippen LogP contribution >= 0.6 is 15.9 Å². The summed E-state index contributed by atoms with van der Waals surface area (Å²) in [5, 5.41) is 0. The van der Waals surface area contributed by atoms with Crippen molar-refractivity contribution in [2.75, 3.05) is 5.73 Å². The number of benzene rings is 2. The maximum atomic E-state index is 13.7. The van der Waals surface area contributed by atoms with E-state index < -0.39 is 11.8 Å². The highest BCUT2D eigenvalue weighted by Gasteiger charge is 2.13. The van der Waals surface area contributed by atoms with E-state index in [0.717, 1.165) is 11.1 Å². The van der Waals surface area contributed by atoms with Gasteiger partial charge in [0.15, 0.2) is 0 Å². The van der Waals surface area contributed by atoms with E-state index in [4.69, 9.17) is 10.5 Å². The Bertz CT molecular complexity index is 701. The molecule has 2 N–H and O–H groups in total. The molecule has 110 valence electrons. The summed E-state index contributed by atoms with van der Waals surface area (Å²) in [5.41, 5.74) is 8.74. The Labute approximate surface area is 131 Å². The average Bonchev–Trinajstić information content (AvgIpc) is 2.41. The maximum absolute atomic E-state index is 13.7. The van der Waals surface area contributed by atoms with Crippen molar-refractivity contribution >= 4 is 27.6 Å². The Morgan fingerprint density at radius 3 is 2.62 bits per heavy atom. The van der Waals surface area contributed by atoms with E-state index in [1.165, 1.54) is 6.07 Å². The van der Waals surface area contributed by atoms with Crippen LogP contribution in [-0.4, -0.2) is 5.97 Å². The molecule has 0 unspecified atom stereocenters. The van der Waals surface area contributed by atoms with E-state index in [9.17, 15) is 9.18 Å². The fourth-order valence-electron chi connectivity index (χ4n) is 1.95. The van der Waals surface area contributed by atoms with Crippen molar-refractivity contribution in [3.05, 3.63) is 62.9 Å². The summed E-state index contributed by atoms with van der Waals surface area (Å²) in [6.07, 6.45) is 0.